The van der Waals surface area contributed by atoms with Crippen molar-refractivity contribution in [3.05, 3.63) is 0 Å². The molecule has 0 amide bonds. The van der Waals surface area contributed by atoms with Crippen molar-refractivity contribution in [1.29, 1.82) is 0 Å². The number of hydrogen-bond donors (Lipinski definition) is 2. The second-order valence-corrected chi connectivity index (χ2v) is 6.86. The standard InChI is InChI=1S/C20H38O5/c1-2-3-4-5-6-7-8-9-10-11-12-13-14-15-16-18(20(23)24)25-19(22)17-21/h18,21H,2-17H2,1H3,(H,23,24). The van der Waals surface area contributed by atoms with Gasteiger partial charge in [-0.2, -0.15) is 0 Å². The van der Waals surface area contributed by atoms with Crippen LogP contribution in [0.3, 0.4) is 0 Å². The van der Waals surface area contributed by atoms with E-state index in [0.717, 1.165) is 19.3 Å². The molecule has 0 aromatic heterocycles. The molecular weight excluding hydrogens is 320 g/mol. The van der Waals surface area contributed by atoms with E-state index in [4.69, 9.17) is 10.2 Å². The van der Waals surface area contributed by atoms with Crippen LogP contribution in [0, 0.1) is 0 Å². The minimum atomic E-state index is -1.14. The lowest BCUT2D eigenvalue weighted by Crippen LogP contribution is -2.28. The number of esters is 1. The number of aliphatic carboxylic acids is 1. The zero-order valence-corrected chi connectivity index (χ0v) is 16.0. The second-order valence-electron chi connectivity index (χ2n) is 6.86. The summed E-state index contributed by atoms with van der Waals surface area (Å²) < 4.78 is 4.69. The summed E-state index contributed by atoms with van der Waals surface area (Å²) in [6.45, 7) is 1.47. The highest BCUT2D eigenvalue weighted by atomic mass is 16.6. The molecule has 25 heavy (non-hydrogen) atoms. The molecule has 0 heterocycles. The van der Waals surface area contributed by atoms with Gasteiger partial charge < -0.3 is 14.9 Å². The zero-order chi connectivity index (χ0) is 18.8. The molecule has 0 spiro atoms. The Morgan fingerprint density at radius 1 is 0.760 bits per heavy atom. The van der Waals surface area contributed by atoms with E-state index in [2.05, 4.69) is 11.7 Å². The summed E-state index contributed by atoms with van der Waals surface area (Å²) in [4.78, 5) is 21.9. The Labute approximate surface area is 153 Å². The third-order valence-corrected chi connectivity index (χ3v) is 4.50. The summed E-state index contributed by atoms with van der Waals surface area (Å²) in [6.07, 6.45) is 16.6. The van der Waals surface area contributed by atoms with Crippen molar-refractivity contribution in [3.8, 4) is 0 Å². The minimum absolute atomic E-state index is 0.319. The Kier molecular flexibility index (Phi) is 16.9. The molecule has 0 aliphatic heterocycles. The van der Waals surface area contributed by atoms with Crippen molar-refractivity contribution in [3.63, 3.8) is 0 Å². The molecule has 0 aromatic rings. The number of carbonyl (C=O) groups excluding carboxylic acids is 1. The Bertz CT molecular complexity index is 330. The quantitative estimate of drug-likeness (QED) is 0.270. The Morgan fingerprint density at radius 2 is 1.16 bits per heavy atom. The number of aliphatic hydroxyl groups is 1. The molecule has 148 valence electrons. The van der Waals surface area contributed by atoms with Crippen LogP contribution in [-0.2, 0) is 14.3 Å². The van der Waals surface area contributed by atoms with Crippen LogP contribution in [0.5, 0.6) is 0 Å². The first-order valence-corrected chi connectivity index (χ1v) is 10.1. The first-order chi connectivity index (χ1) is 12.1. The van der Waals surface area contributed by atoms with Gasteiger partial charge in [0.2, 0.25) is 0 Å². The third kappa shape index (κ3) is 16.1. The van der Waals surface area contributed by atoms with E-state index in [1.165, 1.54) is 70.6 Å². The summed E-state index contributed by atoms with van der Waals surface area (Å²) in [5.74, 6) is -2.02. The minimum Gasteiger partial charge on any atom is -0.479 e. The summed E-state index contributed by atoms with van der Waals surface area (Å²) in [5.41, 5.74) is 0. The van der Waals surface area contributed by atoms with Crippen LogP contribution in [0.25, 0.3) is 0 Å². The van der Waals surface area contributed by atoms with Crippen LogP contribution in [0.4, 0.5) is 0 Å². The molecule has 1 unspecified atom stereocenters. The second kappa shape index (κ2) is 17.7. The van der Waals surface area contributed by atoms with Gasteiger partial charge in [0, 0.05) is 0 Å². The number of hydrogen-bond acceptors (Lipinski definition) is 4. The fourth-order valence-electron chi connectivity index (χ4n) is 2.95. The van der Waals surface area contributed by atoms with Crippen LogP contribution in [0.2, 0.25) is 0 Å². The summed E-state index contributed by atoms with van der Waals surface area (Å²) in [7, 11) is 0. The lowest BCUT2D eigenvalue weighted by Gasteiger charge is -2.12. The van der Waals surface area contributed by atoms with Gasteiger partial charge in [0.25, 0.3) is 0 Å². The van der Waals surface area contributed by atoms with E-state index in [1.807, 2.05) is 0 Å². The summed E-state index contributed by atoms with van der Waals surface area (Å²) in [5, 5.41) is 17.6. The largest absolute Gasteiger partial charge is 0.479 e. The maximum Gasteiger partial charge on any atom is 0.345 e. The molecule has 0 aliphatic carbocycles. The van der Waals surface area contributed by atoms with Gasteiger partial charge in [-0.15, -0.1) is 0 Å². The maximum atomic E-state index is 11.0. The Morgan fingerprint density at radius 3 is 1.52 bits per heavy atom. The van der Waals surface area contributed by atoms with Crippen LogP contribution >= 0.6 is 0 Å². The highest BCUT2D eigenvalue weighted by molar-refractivity contribution is 5.78. The number of carboxylic acid groups (broad SMARTS) is 1. The van der Waals surface area contributed by atoms with Crippen LogP contribution in [0.15, 0.2) is 0 Å². The molecule has 0 aliphatic rings. The Balaban J connectivity index is 3.37. The van der Waals surface area contributed by atoms with Gasteiger partial charge in [0.1, 0.15) is 6.61 Å². The first kappa shape index (κ1) is 23.9. The number of ether oxygens (including phenoxy) is 1. The van der Waals surface area contributed by atoms with Crippen molar-refractivity contribution < 1.29 is 24.5 Å². The van der Waals surface area contributed by atoms with Gasteiger partial charge in [-0.25, -0.2) is 9.59 Å². The average molecular weight is 359 g/mol. The van der Waals surface area contributed by atoms with E-state index in [0.29, 0.717) is 6.42 Å². The van der Waals surface area contributed by atoms with Crippen molar-refractivity contribution in [2.75, 3.05) is 6.61 Å². The number of rotatable bonds is 18. The van der Waals surface area contributed by atoms with Crippen LogP contribution in [-0.4, -0.2) is 34.9 Å². The van der Waals surface area contributed by atoms with Crippen molar-refractivity contribution in [1.82, 2.24) is 0 Å². The number of aliphatic hydroxyl groups excluding tert-OH is 1. The van der Waals surface area contributed by atoms with E-state index >= 15 is 0 Å². The molecule has 2 N–H and O–H groups in total. The molecule has 1 atom stereocenters. The zero-order valence-electron chi connectivity index (χ0n) is 16.0. The molecule has 5 heteroatoms. The molecule has 0 saturated heterocycles. The van der Waals surface area contributed by atoms with Gasteiger partial charge in [0.05, 0.1) is 0 Å². The van der Waals surface area contributed by atoms with Gasteiger partial charge in [-0.1, -0.05) is 90.4 Å². The molecule has 0 radical (unpaired) electrons. The summed E-state index contributed by atoms with van der Waals surface area (Å²) in [6, 6.07) is 0. The monoisotopic (exact) mass is 358 g/mol. The molecule has 0 saturated carbocycles. The SMILES string of the molecule is CCCCCCCCCCCCCCCCC(OC(=O)CO)C(=O)O. The smallest absolute Gasteiger partial charge is 0.345 e. The van der Waals surface area contributed by atoms with Gasteiger partial charge >= 0.3 is 11.9 Å². The van der Waals surface area contributed by atoms with Crippen LogP contribution in [0.1, 0.15) is 103 Å². The number of unbranched alkanes of at least 4 members (excludes halogenated alkanes) is 13. The van der Waals surface area contributed by atoms with E-state index in [1.54, 1.807) is 0 Å². The molecule has 5 nitrogen and oxygen atoms in total. The van der Waals surface area contributed by atoms with Crippen LogP contribution < -0.4 is 0 Å². The number of carbonyl (C=O) groups is 2. The Hall–Kier alpha value is -1.10. The van der Waals surface area contributed by atoms with Crippen molar-refractivity contribution >= 4 is 11.9 Å². The predicted octanol–water partition coefficient (Wildman–Crippen LogP) is 4.85. The molecule has 0 rings (SSSR count). The third-order valence-electron chi connectivity index (χ3n) is 4.50. The highest BCUT2D eigenvalue weighted by Crippen LogP contribution is 2.14. The summed E-state index contributed by atoms with van der Waals surface area (Å²) >= 11 is 0. The lowest BCUT2D eigenvalue weighted by molar-refractivity contribution is -0.166. The van der Waals surface area contributed by atoms with E-state index < -0.39 is 24.6 Å². The lowest BCUT2D eigenvalue weighted by atomic mass is 10.0. The van der Waals surface area contributed by atoms with Gasteiger partial charge in [-0.05, 0) is 12.8 Å². The van der Waals surface area contributed by atoms with E-state index in [9.17, 15) is 9.59 Å². The average Bonchev–Trinajstić information content (AvgIpc) is 2.60. The van der Waals surface area contributed by atoms with Gasteiger partial charge in [-0.3, -0.25) is 0 Å². The fourth-order valence-corrected chi connectivity index (χ4v) is 2.95. The normalized spacial score (nSPS) is 12.1. The van der Waals surface area contributed by atoms with E-state index in [-0.39, 0.29) is 0 Å². The number of carboxylic acids is 1. The van der Waals surface area contributed by atoms with Gasteiger partial charge in [0.15, 0.2) is 6.10 Å². The maximum absolute atomic E-state index is 11.0. The first-order valence-electron chi connectivity index (χ1n) is 10.1. The molecule has 0 aromatic carbocycles. The topological polar surface area (TPSA) is 83.8 Å². The highest BCUT2D eigenvalue weighted by Gasteiger charge is 2.20. The molecule has 0 fully saturated rings. The molecular formula is C20H38O5. The fraction of sp³-hybridized carbons (Fsp3) is 0.900. The predicted molar refractivity (Wildman–Crippen MR) is 99.5 cm³/mol. The molecule has 0 bridgehead atoms. The van der Waals surface area contributed by atoms with Crippen molar-refractivity contribution in [2.45, 2.75) is 109 Å². The van der Waals surface area contributed by atoms with Crippen molar-refractivity contribution in [2.24, 2.45) is 0 Å².